The van der Waals surface area contributed by atoms with Gasteiger partial charge in [-0.25, -0.2) is 8.42 Å². The van der Waals surface area contributed by atoms with E-state index < -0.39 is 16.1 Å². The number of carbonyl (C=O) groups is 1. The molecule has 1 N–H and O–H groups in total. The summed E-state index contributed by atoms with van der Waals surface area (Å²) in [5.74, 6) is 1.07. The van der Waals surface area contributed by atoms with E-state index in [1.807, 2.05) is 24.3 Å². The number of nitrogens with one attached hydrogen (secondary N) is 1. The van der Waals surface area contributed by atoms with Gasteiger partial charge < -0.3 is 10.1 Å². The molecule has 0 amide bonds. The molecule has 0 aromatic heterocycles. The smallest absolute Gasteiger partial charge is 0.243 e. The number of nitrogens with zero attached hydrogens (tertiary/aromatic N) is 1. The van der Waals surface area contributed by atoms with E-state index in [1.165, 1.54) is 6.42 Å². The second-order valence-corrected chi connectivity index (χ2v) is 11.8. The quantitative estimate of drug-likeness (QED) is 0.628. The van der Waals surface area contributed by atoms with Gasteiger partial charge in [-0.3, -0.25) is 4.79 Å². The second kappa shape index (κ2) is 10.3. The highest BCUT2D eigenvalue weighted by molar-refractivity contribution is 7.89. The summed E-state index contributed by atoms with van der Waals surface area (Å²) in [5, 5.41) is 5.00. The molecule has 4 atom stereocenters. The third-order valence-electron chi connectivity index (χ3n) is 7.68. The molecule has 4 unspecified atom stereocenters. The lowest BCUT2D eigenvalue weighted by atomic mass is 9.84. The summed E-state index contributed by atoms with van der Waals surface area (Å²) in [6.07, 6.45) is 7.50. The van der Waals surface area contributed by atoms with Crippen LogP contribution in [0.1, 0.15) is 65.7 Å². The number of Topliss-reactive ketones (excluding diaryl/α,β-unsaturated/α-hetero) is 1. The minimum absolute atomic E-state index is 0. The van der Waals surface area contributed by atoms with Gasteiger partial charge >= 0.3 is 0 Å². The molecule has 3 aliphatic rings. The monoisotopic (exact) mass is 486 g/mol. The maximum atomic E-state index is 13.9. The Hall–Kier alpha value is -1.96. The Balaban J connectivity index is 0.00000274. The van der Waals surface area contributed by atoms with E-state index in [9.17, 15) is 13.2 Å². The summed E-state index contributed by atoms with van der Waals surface area (Å²) in [4.78, 5) is 12.7. The van der Waals surface area contributed by atoms with Crippen LogP contribution in [0, 0.1) is 5.92 Å². The van der Waals surface area contributed by atoms with Gasteiger partial charge in [-0.1, -0.05) is 44.5 Å². The van der Waals surface area contributed by atoms with Crippen molar-refractivity contribution in [1.82, 2.24) is 9.62 Å². The molecular formula is C27H38N2O4S. The summed E-state index contributed by atoms with van der Waals surface area (Å²) in [7, 11) is -3.67. The minimum atomic E-state index is -3.67. The van der Waals surface area contributed by atoms with Gasteiger partial charge in [0.15, 0.2) is 11.9 Å². The first-order valence-corrected chi connectivity index (χ1v) is 13.8. The summed E-state index contributed by atoms with van der Waals surface area (Å²) >= 11 is 0. The fourth-order valence-electron chi connectivity index (χ4n) is 6.01. The highest BCUT2D eigenvalue weighted by atomic mass is 32.2. The van der Waals surface area contributed by atoms with Crippen molar-refractivity contribution in [3.63, 3.8) is 0 Å². The van der Waals surface area contributed by atoms with Gasteiger partial charge in [-0.15, -0.1) is 0 Å². The maximum Gasteiger partial charge on any atom is 0.243 e. The normalized spacial score (nSPS) is 26.4. The van der Waals surface area contributed by atoms with Crippen LogP contribution in [0.4, 0.5) is 0 Å². The number of hydrogen-bond acceptors (Lipinski definition) is 5. The molecule has 2 heterocycles. The average Bonchev–Trinajstić information content (AvgIpc) is 3.29. The summed E-state index contributed by atoms with van der Waals surface area (Å²) in [6.45, 7) is 2.99. The van der Waals surface area contributed by atoms with Crippen molar-refractivity contribution >= 4 is 26.6 Å². The molecular weight excluding hydrogens is 448 g/mol. The van der Waals surface area contributed by atoms with Crippen LogP contribution in [-0.4, -0.2) is 49.8 Å². The lowest BCUT2D eigenvalue weighted by Gasteiger charge is -2.33. The van der Waals surface area contributed by atoms with Crippen LogP contribution >= 0.6 is 0 Å². The van der Waals surface area contributed by atoms with Crippen molar-refractivity contribution in [1.29, 1.82) is 0 Å². The fraction of sp³-hybridized carbons (Fsp3) is 0.593. The minimum Gasteiger partial charge on any atom is -0.480 e. The van der Waals surface area contributed by atoms with Crippen molar-refractivity contribution in [2.45, 2.75) is 88.8 Å². The predicted octanol–water partition coefficient (Wildman–Crippen LogP) is 4.91. The molecule has 2 aromatic rings. The van der Waals surface area contributed by atoms with Crippen LogP contribution in [-0.2, 0) is 14.8 Å². The summed E-state index contributed by atoms with van der Waals surface area (Å²) < 4.78 is 35.9. The third-order valence-corrected chi connectivity index (χ3v) is 9.61. The van der Waals surface area contributed by atoms with Crippen molar-refractivity contribution in [2.75, 3.05) is 13.1 Å². The SMILES string of the molecule is C.CC(=O)C(Oc1cc(S(=O)(=O)N2CCCC3CCCC2C3)cc2ccccc12)C1CCCN1. The topological polar surface area (TPSA) is 75.7 Å². The lowest BCUT2D eigenvalue weighted by molar-refractivity contribution is -0.124. The lowest BCUT2D eigenvalue weighted by Crippen LogP contribution is -2.43. The zero-order valence-electron chi connectivity index (χ0n) is 19.3. The molecule has 0 radical (unpaired) electrons. The van der Waals surface area contributed by atoms with Gasteiger partial charge in [0.1, 0.15) is 5.75 Å². The van der Waals surface area contributed by atoms with E-state index in [0.717, 1.165) is 62.3 Å². The molecule has 2 aromatic carbocycles. The van der Waals surface area contributed by atoms with Crippen molar-refractivity contribution in [2.24, 2.45) is 5.92 Å². The zero-order valence-corrected chi connectivity index (χ0v) is 20.1. The van der Waals surface area contributed by atoms with Gasteiger partial charge in [0.25, 0.3) is 0 Å². The van der Waals surface area contributed by atoms with Crippen molar-refractivity contribution in [3.05, 3.63) is 36.4 Å². The first kappa shape index (κ1) is 25.1. The van der Waals surface area contributed by atoms with E-state index in [0.29, 0.717) is 18.2 Å². The molecule has 34 heavy (non-hydrogen) atoms. The van der Waals surface area contributed by atoms with Crippen molar-refractivity contribution < 1.29 is 17.9 Å². The van der Waals surface area contributed by atoms with Gasteiger partial charge in [0, 0.05) is 24.0 Å². The maximum absolute atomic E-state index is 13.9. The molecule has 6 nitrogen and oxygen atoms in total. The second-order valence-electron chi connectivity index (χ2n) is 9.94. The van der Waals surface area contributed by atoms with Gasteiger partial charge in [0.05, 0.1) is 10.9 Å². The van der Waals surface area contributed by atoms with Gasteiger partial charge in [-0.2, -0.15) is 4.31 Å². The summed E-state index contributed by atoms with van der Waals surface area (Å²) in [5.41, 5.74) is 0. The Bertz CT molecular complexity index is 1130. The highest BCUT2D eigenvalue weighted by Gasteiger charge is 2.37. The van der Waals surface area contributed by atoms with E-state index in [1.54, 1.807) is 23.4 Å². The fourth-order valence-corrected chi connectivity index (χ4v) is 7.76. The van der Waals surface area contributed by atoms with Gasteiger partial charge in [-0.05, 0) is 69.4 Å². The van der Waals surface area contributed by atoms with E-state index in [-0.39, 0.29) is 30.2 Å². The largest absolute Gasteiger partial charge is 0.480 e. The van der Waals surface area contributed by atoms with Crippen LogP contribution in [0.25, 0.3) is 10.8 Å². The van der Waals surface area contributed by atoms with Gasteiger partial charge in [0.2, 0.25) is 10.0 Å². The number of fused-ring (bicyclic) bond motifs is 3. The Labute approximate surface area is 204 Å². The molecule has 186 valence electrons. The Morgan fingerprint density at radius 3 is 2.65 bits per heavy atom. The Morgan fingerprint density at radius 2 is 1.88 bits per heavy atom. The predicted molar refractivity (Wildman–Crippen MR) is 136 cm³/mol. The number of benzene rings is 2. The van der Waals surface area contributed by atoms with E-state index in [2.05, 4.69) is 5.32 Å². The molecule has 7 heteroatoms. The standard InChI is InChI=1S/C26H34N2O4S.CH4/c1-18(29)26(24-12-5-13-27-24)32-25-17-22(16-20-9-2-3-11-23(20)25)33(30,31)28-14-6-8-19-7-4-10-21(28)15-19;/h2-3,9,11,16-17,19,21,24,26-27H,4-8,10,12-15H2,1H3;1H4. The number of hydrogen-bond donors (Lipinski definition) is 1. The highest BCUT2D eigenvalue weighted by Crippen LogP contribution is 2.38. The zero-order chi connectivity index (χ0) is 23.0. The molecule has 3 fully saturated rings. The van der Waals surface area contributed by atoms with E-state index >= 15 is 0 Å². The van der Waals surface area contributed by atoms with E-state index in [4.69, 9.17) is 4.74 Å². The number of rotatable bonds is 6. The molecule has 0 spiro atoms. The van der Waals surface area contributed by atoms with Crippen LogP contribution in [0.15, 0.2) is 41.3 Å². The Kier molecular flexibility index (Phi) is 7.65. The number of ether oxygens (including phenoxy) is 1. The molecule has 5 rings (SSSR count). The molecule has 1 saturated carbocycles. The van der Waals surface area contributed by atoms with Crippen molar-refractivity contribution in [3.8, 4) is 5.75 Å². The molecule has 2 aliphatic heterocycles. The number of carbonyl (C=O) groups excluding carboxylic acids is 1. The first-order valence-electron chi connectivity index (χ1n) is 12.4. The molecule has 2 saturated heterocycles. The number of sulfonamides is 1. The van der Waals surface area contributed by atoms with Crippen LogP contribution in [0.3, 0.4) is 0 Å². The van der Waals surface area contributed by atoms with Crippen LogP contribution in [0.2, 0.25) is 0 Å². The average molecular weight is 487 g/mol. The first-order chi connectivity index (χ1) is 15.9. The number of ketones is 1. The van der Waals surface area contributed by atoms with Crippen LogP contribution in [0.5, 0.6) is 5.75 Å². The Morgan fingerprint density at radius 1 is 1.09 bits per heavy atom. The third kappa shape index (κ3) is 4.88. The van der Waals surface area contributed by atoms with Crippen LogP contribution < -0.4 is 10.1 Å². The molecule has 2 bridgehead atoms. The summed E-state index contributed by atoms with van der Waals surface area (Å²) in [6, 6.07) is 11.1. The molecule has 1 aliphatic carbocycles.